The fourth-order valence-corrected chi connectivity index (χ4v) is 4.08. The Bertz CT molecular complexity index is 577. The second-order valence-electron chi connectivity index (χ2n) is 6.93. The van der Waals surface area contributed by atoms with Gasteiger partial charge < -0.3 is 10.0 Å². The molecule has 0 aromatic heterocycles. The summed E-state index contributed by atoms with van der Waals surface area (Å²) in [4.78, 5) is 2.24. The molecule has 0 spiro atoms. The van der Waals surface area contributed by atoms with Gasteiger partial charge in [0.25, 0.3) is 0 Å². The fraction of sp³-hybridized carbons (Fsp3) is 0.611. The van der Waals surface area contributed by atoms with Gasteiger partial charge in [-0.05, 0) is 42.4 Å². The van der Waals surface area contributed by atoms with Crippen LogP contribution in [0, 0.1) is 22.7 Å². The first-order valence-electron chi connectivity index (χ1n) is 7.99. The molecule has 0 radical (unpaired) electrons. The lowest BCUT2D eigenvalue weighted by molar-refractivity contribution is 0.0219. The number of likely N-dealkylation sites (N-methyl/N-ethyl adjacent to an activating group) is 1. The van der Waals surface area contributed by atoms with Crippen molar-refractivity contribution in [3.05, 3.63) is 29.3 Å². The Morgan fingerprint density at radius 1 is 1.48 bits per heavy atom. The van der Waals surface area contributed by atoms with E-state index in [1.807, 2.05) is 6.07 Å². The molecule has 1 heterocycles. The maximum Gasteiger partial charge on any atom is 0.0976 e. The van der Waals surface area contributed by atoms with Crippen LogP contribution in [0.5, 0.6) is 0 Å². The van der Waals surface area contributed by atoms with E-state index in [-0.39, 0.29) is 0 Å². The summed E-state index contributed by atoms with van der Waals surface area (Å²) in [6, 6.07) is 8.67. The first kappa shape index (κ1) is 14.4. The molecule has 1 saturated carbocycles. The molecule has 0 saturated heterocycles. The molecule has 1 N–H and O–H groups in total. The number of hydrogen-bond donors (Lipinski definition) is 1. The molecule has 2 aliphatic rings. The van der Waals surface area contributed by atoms with E-state index in [0.29, 0.717) is 5.92 Å². The van der Waals surface area contributed by atoms with Gasteiger partial charge in [-0.25, -0.2) is 0 Å². The summed E-state index contributed by atoms with van der Waals surface area (Å²) in [6.07, 6.45) is 4.20. The molecule has 1 aliphatic carbocycles. The molecule has 3 atom stereocenters. The topological polar surface area (TPSA) is 47.3 Å². The van der Waals surface area contributed by atoms with Crippen molar-refractivity contribution in [2.75, 3.05) is 18.5 Å². The zero-order chi connectivity index (χ0) is 15.0. The van der Waals surface area contributed by atoms with E-state index in [2.05, 4.69) is 37.1 Å². The number of aliphatic hydroxyl groups is 1. The van der Waals surface area contributed by atoms with Crippen molar-refractivity contribution in [3.63, 3.8) is 0 Å². The van der Waals surface area contributed by atoms with Gasteiger partial charge in [-0.15, -0.1) is 0 Å². The fourth-order valence-electron chi connectivity index (χ4n) is 4.08. The monoisotopic (exact) mass is 284 g/mol. The summed E-state index contributed by atoms with van der Waals surface area (Å²) in [5, 5.41) is 20.6. The van der Waals surface area contributed by atoms with Gasteiger partial charge >= 0.3 is 0 Å². The highest BCUT2D eigenvalue weighted by Crippen LogP contribution is 2.48. The standard InChI is InChI=1S/C18H24N2O/c1-13-4-3-8-18(11-13,12-19)17(21)15-5-6-16-14(10-15)7-9-20(16)2/h5-6,10,13,17,21H,3-4,7-9,11H2,1-2H3. The van der Waals surface area contributed by atoms with Crippen LogP contribution in [0.15, 0.2) is 18.2 Å². The van der Waals surface area contributed by atoms with Gasteiger partial charge in [0.15, 0.2) is 0 Å². The van der Waals surface area contributed by atoms with Gasteiger partial charge in [0.05, 0.1) is 17.6 Å². The number of hydrogen-bond acceptors (Lipinski definition) is 3. The summed E-state index contributed by atoms with van der Waals surface area (Å²) >= 11 is 0. The lowest BCUT2D eigenvalue weighted by atomic mass is 9.66. The number of aliphatic hydroxyl groups excluding tert-OH is 1. The normalized spacial score (nSPS) is 29.8. The maximum absolute atomic E-state index is 10.9. The van der Waals surface area contributed by atoms with E-state index in [4.69, 9.17) is 0 Å². The summed E-state index contributed by atoms with van der Waals surface area (Å²) in [7, 11) is 2.10. The first-order valence-corrected chi connectivity index (χ1v) is 7.99. The third kappa shape index (κ3) is 2.42. The summed E-state index contributed by atoms with van der Waals surface area (Å²) in [5.74, 6) is 0.522. The molecular weight excluding hydrogens is 260 g/mol. The summed E-state index contributed by atoms with van der Waals surface area (Å²) in [6.45, 7) is 3.23. The number of nitriles is 1. The SMILES string of the molecule is CC1CCCC(C#N)(C(O)c2ccc3c(c2)CCN3C)C1. The van der Waals surface area contributed by atoms with Crippen LogP contribution in [-0.2, 0) is 6.42 Å². The molecule has 21 heavy (non-hydrogen) atoms. The molecule has 112 valence electrons. The van der Waals surface area contributed by atoms with Crippen molar-refractivity contribution in [2.45, 2.75) is 45.1 Å². The Morgan fingerprint density at radius 3 is 3.00 bits per heavy atom. The van der Waals surface area contributed by atoms with Gasteiger partial charge in [0.2, 0.25) is 0 Å². The predicted octanol–water partition coefficient (Wildman–Crippen LogP) is 3.43. The van der Waals surface area contributed by atoms with E-state index >= 15 is 0 Å². The second kappa shape index (κ2) is 5.35. The van der Waals surface area contributed by atoms with Crippen LogP contribution in [0.4, 0.5) is 5.69 Å². The van der Waals surface area contributed by atoms with E-state index in [1.165, 1.54) is 17.7 Å². The molecule has 1 aromatic rings. The highest BCUT2D eigenvalue weighted by molar-refractivity contribution is 5.58. The molecule has 0 bridgehead atoms. The number of benzene rings is 1. The minimum absolute atomic E-state index is 0.522. The average molecular weight is 284 g/mol. The van der Waals surface area contributed by atoms with Crippen LogP contribution in [0.2, 0.25) is 0 Å². The lowest BCUT2D eigenvalue weighted by Crippen LogP contribution is -2.33. The van der Waals surface area contributed by atoms with Gasteiger partial charge in [-0.1, -0.05) is 31.9 Å². The van der Waals surface area contributed by atoms with E-state index in [0.717, 1.165) is 37.8 Å². The van der Waals surface area contributed by atoms with Crippen molar-refractivity contribution in [3.8, 4) is 6.07 Å². The van der Waals surface area contributed by atoms with E-state index < -0.39 is 11.5 Å². The molecule has 1 fully saturated rings. The third-order valence-corrected chi connectivity index (χ3v) is 5.33. The van der Waals surface area contributed by atoms with Gasteiger partial charge in [0, 0.05) is 19.3 Å². The van der Waals surface area contributed by atoms with E-state index in [9.17, 15) is 10.4 Å². The molecule has 0 amide bonds. The zero-order valence-corrected chi connectivity index (χ0v) is 13.0. The smallest absolute Gasteiger partial charge is 0.0976 e. The van der Waals surface area contributed by atoms with Gasteiger partial charge in [0.1, 0.15) is 0 Å². The van der Waals surface area contributed by atoms with E-state index in [1.54, 1.807) is 0 Å². The molecule has 1 aromatic carbocycles. The second-order valence-corrected chi connectivity index (χ2v) is 6.93. The molecule has 3 nitrogen and oxygen atoms in total. The number of nitrogens with zero attached hydrogens (tertiary/aromatic N) is 2. The maximum atomic E-state index is 10.9. The molecule has 3 unspecified atom stereocenters. The van der Waals surface area contributed by atoms with Crippen molar-refractivity contribution >= 4 is 5.69 Å². The summed E-state index contributed by atoms with van der Waals surface area (Å²) < 4.78 is 0. The summed E-state index contributed by atoms with van der Waals surface area (Å²) in [5.41, 5.74) is 2.87. The van der Waals surface area contributed by atoms with Crippen molar-refractivity contribution < 1.29 is 5.11 Å². The first-order chi connectivity index (χ1) is 10.1. The van der Waals surface area contributed by atoms with Crippen LogP contribution >= 0.6 is 0 Å². The quantitative estimate of drug-likeness (QED) is 0.905. The van der Waals surface area contributed by atoms with Gasteiger partial charge in [-0.2, -0.15) is 5.26 Å². The molecule has 3 heteroatoms. The van der Waals surface area contributed by atoms with Crippen molar-refractivity contribution in [1.82, 2.24) is 0 Å². The Balaban J connectivity index is 1.91. The zero-order valence-electron chi connectivity index (χ0n) is 13.0. The number of anilines is 1. The average Bonchev–Trinajstić information content (AvgIpc) is 2.87. The predicted molar refractivity (Wildman–Crippen MR) is 84.1 cm³/mol. The number of fused-ring (bicyclic) bond motifs is 1. The highest BCUT2D eigenvalue weighted by atomic mass is 16.3. The van der Waals surface area contributed by atoms with Gasteiger partial charge in [-0.3, -0.25) is 0 Å². The van der Waals surface area contributed by atoms with Crippen LogP contribution in [0.25, 0.3) is 0 Å². The molecule has 3 rings (SSSR count). The largest absolute Gasteiger partial charge is 0.387 e. The van der Waals surface area contributed by atoms with Crippen molar-refractivity contribution in [2.24, 2.45) is 11.3 Å². The minimum Gasteiger partial charge on any atom is -0.387 e. The Labute approximate surface area is 127 Å². The Hall–Kier alpha value is -1.53. The van der Waals surface area contributed by atoms with Crippen LogP contribution in [0.1, 0.15) is 49.8 Å². The molecule has 1 aliphatic heterocycles. The Morgan fingerprint density at radius 2 is 2.29 bits per heavy atom. The van der Waals surface area contributed by atoms with Crippen LogP contribution < -0.4 is 4.90 Å². The molecular formula is C18H24N2O. The highest BCUT2D eigenvalue weighted by Gasteiger charge is 2.42. The Kier molecular flexibility index (Phi) is 3.67. The minimum atomic E-state index is -0.665. The number of rotatable bonds is 2. The van der Waals surface area contributed by atoms with Crippen LogP contribution in [0.3, 0.4) is 0 Å². The van der Waals surface area contributed by atoms with Crippen LogP contribution in [-0.4, -0.2) is 18.7 Å². The van der Waals surface area contributed by atoms with Crippen molar-refractivity contribution in [1.29, 1.82) is 5.26 Å². The lowest BCUT2D eigenvalue weighted by Gasteiger charge is -2.38. The third-order valence-electron chi connectivity index (χ3n) is 5.33.